The summed E-state index contributed by atoms with van der Waals surface area (Å²) in [5, 5.41) is 30.5. The number of aliphatic hydroxyl groups is 3. The average molecular weight is 439 g/mol. The van der Waals surface area contributed by atoms with E-state index in [9.17, 15) is 20.1 Å². The third-order valence-corrected chi connectivity index (χ3v) is 7.28. The zero-order valence-electron chi connectivity index (χ0n) is 18.0. The zero-order chi connectivity index (χ0) is 21.2. The van der Waals surface area contributed by atoms with Gasteiger partial charge in [-0.15, -0.1) is 23.5 Å². The lowest BCUT2D eigenvalue weighted by atomic mass is 10.1. The highest BCUT2D eigenvalue weighted by Crippen LogP contribution is 2.28. The van der Waals surface area contributed by atoms with Gasteiger partial charge in [-0.2, -0.15) is 0 Å². The van der Waals surface area contributed by atoms with E-state index in [0.717, 1.165) is 30.8 Å². The van der Waals surface area contributed by atoms with E-state index in [2.05, 4.69) is 6.92 Å². The van der Waals surface area contributed by atoms with E-state index in [1.165, 1.54) is 62.0 Å². The minimum atomic E-state index is -1.33. The molecule has 5 nitrogen and oxygen atoms in total. The van der Waals surface area contributed by atoms with E-state index >= 15 is 0 Å². The first-order valence-corrected chi connectivity index (χ1v) is 13.0. The predicted molar refractivity (Wildman–Crippen MR) is 121 cm³/mol. The second-order valence-electron chi connectivity index (χ2n) is 7.09. The molecule has 0 aromatic carbocycles. The molecule has 3 N–H and O–H groups in total. The molecule has 0 aliphatic carbocycles. The molecule has 28 heavy (non-hydrogen) atoms. The summed E-state index contributed by atoms with van der Waals surface area (Å²) in [7, 11) is 0. The van der Waals surface area contributed by atoms with Crippen LogP contribution in [0.15, 0.2) is 0 Å². The highest BCUT2D eigenvalue weighted by Gasteiger charge is 2.32. The Bertz CT molecular complexity index is 365. The number of ether oxygens (including phenoxy) is 1. The van der Waals surface area contributed by atoms with Gasteiger partial charge in [0, 0.05) is 6.42 Å². The fourth-order valence-corrected chi connectivity index (χ4v) is 5.47. The minimum Gasteiger partial charge on any atom is -0.463 e. The summed E-state index contributed by atoms with van der Waals surface area (Å²) in [4.78, 5) is 11.8. The highest BCUT2D eigenvalue weighted by molar-refractivity contribution is 8.17. The Labute approximate surface area is 180 Å². The number of rotatable bonds is 19. The van der Waals surface area contributed by atoms with Gasteiger partial charge in [0.2, 0.25) is 0 Å². The molecule has 0 aliphatic heterocycles. The first-order valence-electron chi connectivity index (χ1n) is 10.9. The number of unbranched alkanes of at least 4 members (excludes halogenated alkanes) is 8. The molecule has 0 aliphatic rings. The number of thioether (sulfide) groups is 2. The second kappa shape index (κ2) is 19.0. The Morgan fingerprint density at radius 1 is 0.786 bits per heavy atom. The summed E-state index contributed by atoms with van der Waals surface area (Å²) in [5.74, 6) is 1.27. The third kappa shape index (κ3) is 14.1. The largest absolute Gasteiger partial charge is 0.463 e. The highest BCUT2D eigenvalue weighted by atomic mass is 32.2. The van der Waals surface area contributed by atoms with Crippen LogP contribution < -0.4 is 0 Å². The van der Waals surface area contributed by atoms with Gasteiger partial charge in [0.05, 0.1) is 4.58 Å². The Morgan fingerprint density at radius 3 is 1.79 bits per heavy atom. The maximum Gasteiger partial charge on any atom is 0.305 e. The standard InChI is InChI=1S/C21H42O5S2/c1-4-7-8-9-10-11-12-13-14-15-18(23)26-16-17(22)19(24)20(25)21(27-5-2)28-6-3/h17,19-22,24-25H,4-16H2,1-3H3/t17-,19-,20+/m0/s1. The molecule has 0 aromatic rings. The number of esters is 1. The first kappa shape index (κ1) is 28.1. The summed E-state index contributed by atoms with van der Waals surface area (Å²) >= 11 is 3.07. The Morgan fingerprint density at radius 2 is 1.29 bits per heavy atom. The lowest BCUT2D eigenvalue weighted by Crippen LogP contribution is -2.44. The van der Waals surface area contributed by atoms with Crippen molar-refractivity contribution >= 4 is 29.5 Å². The van der Waals surface area contributed by atoms with Crippen LogP contribution in [0.5, 0.6) is 0 Å². The van der Waals surface area contributed by atoms with Gasteiger partial charge in [-0.25, -0.2) is 0 Å². The van der Waals surface area contributed by atoms with Crippen LogP contribution in [-0.4, -0.2) is 62.3 Å². The Hall–Kier alpha value is 0.0500. The molecule has 0 fully saturated rings. The van der Waals surface area contributed by atoms with Crippen LogP contribution in [0.4, 0.5) is 0 Å². The maximum absolute atomic E-state index is 11.8. The molecule has 0 heterocycles. The van der Waals surface area contributed by atoms with Crippen LogP contribution in [0.1, 0.15) is 85.0 Å². The molecule has 0 amide bonds. The molecular formula is C21H42O5S2. The monoisotopic (exact) mass is 438 g/mol. The molecule has 3 atom stereocenters. The van der Waals surface area contributed by atoms with Gasteiger partial charge >= 0.3 is 5.97 Å². The van der Waals surface area contributed by atoms with Crippen molar-refractivity contribution in [3.63, 3.8) is 0 Å². The van der Waals surface area contributed by atoms with Crippen molar-refractivity contribution in [3.8, 4) is 0 Å². The predicted octanol–water partition coefficient (Wildman–Crippen LogP) is 4.37. The van der Waals surface area contributed by atoms with Gasteiger partial charge in [-0.1, -0.05) is 72.1 Å². The summed E-state index contributed by atoms with van der Waals surface area (Å²) in [6, 6.07) is 0. The average Bonchev–Trinajstić information content (AvgIpc) is 2.69. The van der Waals surface area contributed by atoms with Gasteiger partial charge in [0.1, 0.15) is 24.9 Å². The molecule has 0 aromatic heterocycles. The lowest BCUT2D eigenvalue weighted by Gasteiger charge is -2.28. The maximum atomic E-state index is 11.8. The quantitative estimate of drug-likeness (QED) is 0.157. The summed E-state index contributed by atoms with van der Waals surface area (Å²) in [6.07, 6.45) is 7.29. The van der Waals surface area contributed by atoms with E-state index in [1.54, 1.807) is 0 Å². The van der Waals surface area contributed by atoms with Crippen molar-refractivity contribution in [2.45, 2.75) is 108 Å². The van der Waals surface area contributed by atoms with Crippen molar-refractivity contribution in [1.29, 1.82) is 0 Å². The van der Waals surface area contributed by atoms with Crippen LogP contribution in [0, 0.1) is 0 Å². The minimum absolute atomic E-state index is 0.211. The molecule has 0 saturated carbocycles. The normalized spacial score (nSPS) is 14.8. The molecule has 168 valence electrons. The molecule has 0 rings (SSSR count). The lowest BCUT2D eigenvalue weighted by molar-refractivity contribution is -0.151. The fourth-order valence-electron chi connectivity index (χ4n) is 2.89. The number of aliphatic hydroxyl groups excluding tert-OH is 3. The van der Waals surface area contributed by atoms with Crippen molar-refractivity contribution in [3.05, 3.63) is 0 Å². The first-order chi connectivity index (χ1) is 13.5. The van der Waals surface area contributed by atoms with Crippen LogP contribution in [0.25, 0.3) is 0 Å². The number of carbonyl (C=O) groups excluding carboxylic acids is 1. The van der Waals surface area contributed by atoms with Crippen molar-refractivity contribution in [2.24, 2.45) is 0 Å². The second-order valence-corrected chi connectivity index (χ2v) is 10.2. The van der Waals surface area contributed by atoms with E-state index in [1.807, 2.05) is 13.8 Å². The summed E-state index contributed by atoms with van der Waals surface area (Å²) in [5.41, 5.74) is 0. The van der Waals surface area contributed by atoms with Crippen molar-refractivity contribution < 1.29 is 24.9 Å². The van der Waals surface area contributed by atoms with Gasteiger partial charge in [0.15, 0.2) is 0 Å². The van der Waals surface area contributed by atoms with Crippen molar-refractivity contribution in [1.82, 2.24) is 0 Å². The summed E-state index contributed by atoms with van der Waals surface area (Å²) < 4.78 is 4.86. The fraction of sp³-hybridized carbons (Fsp3) is 0.952. The molecule has 0 radical (unpaired) electrons. The summed E-state index contributed by atoms with van der Waals surface area (Å²) in [6.45, 7) is 5.90. The number of carbonyl (C=O) groups is 1. The number of hydrogen-bond acceptors (Lipinski definition) is 7. The smallest absolute Gasteiger partial charge is 0.305 e. The van der Waals surface area contributed by atoms with Gasteiger partial charge in [-0.3, -0.25) is 4.79 Å². The van der Waals surface area contributed by atoms with Gasteiger partial charge in [-0.05, 0) is 17.9 Å². The Kier molecular flexibility index (Phi) is 19.1. The molecule has 0 saturated heterocycles. The zero-order valence-corrected chi connectivity index (χ0v) is 19.6. The van der Waals surface area contributed by atoms with Gasteiger partial charge < -0.3 is 20.1 Å². The molecule has 0 bridgehead atoms. The van der Waals surface area contributed by atoms with E-state index in [-0.39, 0.29) is 17.2 Å². The Balaban J connectivity index is 3.89. The van der Waals surface area contributed by atoms with E-state index < -0.39 is 18.3 Å². The van der Waals surface area contributed by atoms with Gasteiger partial charge in [0.25, 0.3) is 0 Å². The molecular weight excluding hydrogens is 396 g/mol. The van der Waals surface area contributed by atoms with Crippen LogP contribution in [0.3, 0.4) is 0 Å². The van der Waals surface area contributed by atoms with Crippen LogP contribution in [0.2, 0.25) is 0 Å². The van der Waals surface area contributed by atoms with Crippen LogP contribution >= 0.6 is 23.5 Å². The topological polar surface area (TPSA) is 87.0 Å². The van der Waals surface area contributed by atoms with Crippen LogP contribution in [-0.2, 0) is 9.53 Å². The molecule has 0 unspecified atom stereocenters. The molecule has 7 heteroatoms. The van der Waals surface area contributed by atoms with E-state index in [0.29, 0.717) is 6.42 Å². The SMILES string of the molecule is CCCCCCCCCCCC(=O)OC[C@H](O)[C@H](O)[C@@H](O)C(SCC)SCC. The number of hydrogen-bond donors (Lipinski definition) is 3. The van der Waals surface area contributed by atoms with E-state index in [4.69, 9.17) is 4.74 Å². The molecule has 0 spiro atoms. The van der Waals surface area contributed by atoms with Crippen molar-refractivity contribution in [2.75, 3.05) is 18.1 Å². The third-order valence-electron chi connectivity index (χ3n) is 4.58.